The van der Waals surface area contributed by atoms with E-state index >= 15 is 0 Å². The first kappa shape index (κ1) is 21.4. The zero-order valence-corrected chi connectivity index (χ0v) is 19.5. The lowest BCUT2D eigenvalue weighted by Crippen LogP contribution is -2.31. The summed E-state index contributed by atoms with van der Waals surface area (Å²) in [5, 5.41) is 12.2. The highest BCUT2D eigenvalue weighted by molar-refractivity contribution is 8.03. The summed E-state index contributed by atoms with van der Waals surface area (Å²) in [6.07, 6.45) is 3.63. The number of rotatable bonds is 6. The number of fused-ring (bicyclic) bond motifs is 3. The Morgan fingerprint density at radius 3 is 2.63 bits per heavy atom. The molecule has 1 atom stereocenters. The molecule has 6 rings (SSSR count). The number of hydrogen-bond acceptors (Lipinski definition) is 5. The minimum atomic E-state index is -0.228. The van der Waals surface area contributed by atoms with Crippen LogP contribution in [-0.4, -0.2) is 21.3 Å². The Morgan fingerprint density at radius 2 is 1.77 bits per heavy atom. The summed E-state index contributed by atoms with van der Waals surface area (Å²) in [6.45, 7) is 0.641. The number of nitrogens with one attached hydrogen (secondary N) is 2. The molecule has 1 aliphatic heterocycles. The molecule has 0 radical (unpaired) electrons. The number of halogens is 1. The molecule has 0 bridgehead atoms. The molecule has 0 amide bonds. The minimum absolute atomic E-state index is 0.0391. The van der Waals surface area contributed by atoms with Gasteiger partial charge < -0.3 is 9.88 Å². The number of thioether (sulfide) groups is 1. The third-order valence-electron chi connectivity index (χ3n) is 6.02. The van der Waals surface area contributed by atoms with Gasteiger partial charge in [-0.15, -0.1) is 0 Å². The van der Waals surface area contributed by atoms with Gasteiger partial charge in [-0.2, -0.15) is 5.10 Å². The Morgan fingerprint density at radius 1 is 0.971 bits per heavy atom. The molecule has 0 fully saturated rings. The first-order valence-corrected chi connectivity index (χ1v) is 12.3. The maximum atomic E-state index is 13.4. The maximum Gasteiger partial charge on any atom is 0.165 e. The van der Waals surface area contributed by atoms with E-state index in [1.54, 1.807) is 18.0 Å². The van der Waals surface area contributed by atoms with Crippen molar-refractivity contribution in [1.82, 2.24) is 20.3 Å². The first-order valence-electron chi connectivity index (χ1n) is 11.3. The van der Waals surface area contributed by atoms with Crippen molar-refractivity contribution in [3.05, 3.63) is 119 Å². The second kappa shape index (κ2) is 9.27. The molecular weight excluding hydrogens is 457 g/mol. The van der Waals surface area contributed by atoms with Gasteiger partial charge in [-0.05, 0) is 40.8 Å². The lowest BCUT2D eigenvalue weighted by atomic mass is 10.2. The van der Waals surface area contributed by atoms with E-state index in [2.05, 4.69) is 61.1 Å². The number of pyridine rings is 1. The number of para-hydroxylation sites is 1. The van der Waals surface area contributed by atoms with Crippen molar-refractivity contribution in [2.24, 2.45) is 5.10 Å². The molecule has 0 spiro atoms. The van der Waals surface area contributed by atoms with E-state index in [-0.39, 0.29) is 11.3 Å². The fraction of sp³-hybridized carbons (Fsp3) is 0.0714. The van der Waals surface area contributed by atoms with Crippen LogP contribution in [0.5, 0.6) is 0 Å². The summed E-state index contributed by atoms with van der Waals surface area (Å²) in [6, 6.07) is 27.2. The summed E-state index contributed by atoms with van der Waals surface area (Å²) in [4.78, 5) is 4.63. The SMILES string of the molecule is Fc1ccc(Cn2c3ccccc3c3cc(C=NNC4NC(c5ccccc5)=CS4)ncc32)cc1. The lowest BCUT2D eigenvalue weighted by molar-refractivity contribution is 0.626. The predicted molar refractivity (Wildman–Crippen MR) is 142 cm³/mol. The summed E-state index contributed by atoms with van der Waals surface area (Å²) in [7, 11) is 0. The van der Waals surface area contributed by atoms with Gasteiger partial charge in [0.15, 0.2) is 5.50 Å². The smallest absolute Gasteiger partial charge is 0.165 e. The number of nitrogens with zero attached hydrogens (tertiary/aromatic N) is 3. The molecular formula is C28H22FN5S. The van der Waals surface area contributed by atoms with Gasteiger partial charge in [0.1, 0.15) is 5.82 Å². The number of hydrazone groups is 1. The average molecular weight is 480 g/mol. The summed E-state index contributed by atoms with van der Waals surface area (Å²) < 4.78 is 15.6. The van der Waals surface area contributed by atoms with Gasteiger partial charge in [-0.25, -0.2) is 4.39 Å². The van der Waals surface area contributed by atoms with Crippen molar-refractivity contribution in [3.63, 3.8) is 0 Å². The van der Waals surface area contributed by atoms with E-state index in [4.69, 9.17) is 0 Å². The molecule has 1 aliphatic rings. The summed E-state index contributed by atoms with van der Waals surface area (Å²) >= 11 is 1.64. The first-order chi connectivity index (χ1) is 17.2. The molecule has 5 aromatic rings. The van der Waals surface area contributed by atoms with Crippen molar-refractivity contribution in [2.75, 3.05) is 0 Å². The van der Waals surface area contributed by atoms with E-state index in [1.807, 2.05) is 48.7 Å². The van der Waals surface area contributed by atoms with Crippen LogP contribution in [0.15, 0.2) is 102 Å². The second-order valence-corrected chi connectivity index (χ2v) is 9.28. The van der Waals surface area contributed by atoms with Gasteiger partial charge in [0.05, 0.1) is 29.3 Å². The molecule has 5 nitrogen and oxygen atoms in total. The van der Waals surface area contributed by atoms with Gasteiger partial charge in [-0.1, -0.05) is 72.4 Å². The number of aromatic nitrogens is 2. The number of hydrogen-bond donors (Lipinski definition) is 2. The van der Waals surface area contributed by atoms with Crippen LogP contribution in [0.4, 0.5) is 4.39 Å². The van der Waals surface area contributed by atoms with Crippen molar-refractivity contribution in [3.8, 4) is 0 Å². The third-order valence-corrected chi connectivity index (χ3v) is 6.88. The second-order valence-electron chi connectivity index (χ2n) is 8.30. The van der Waals surface area contributed by atoms with Crippen molar-refractivity contribution in [1.29, 1.82) is 0 Å². The van der Waals surface area contributed by atoms with E-state index in [0.717, 1.165) is 44.3 Å². The molecule has 7 heteroatoms. The zero-order valence-electron chi connectivity index (χ0n) is 18.7. The normalized spacial score (nSPS) is 15.6. The molecule has 3 heterocycles. The Kier molecular flexibility index (Phi) is 5.68. The minimum Gasteiger partial charge on any atom is -0.355 e. The van der Waals surface area contributed by atoms with Gasteiger partial charge in [0.2, 0.25) is 0 Å². The Labute approximate surface area is 206 Å². The van der Waals surface area contributed by atoms with Crippen LogP contribution in [0.25, 0.3) is 27.5 Å². The molecule has 1 unspecified atom stereocenters. The highest BCUT2D eigenvalue weighted by Gasteiger charge is 2.16. The van der Waals surface area contributed by atoms with E-state index < -0.39 is 0 Å². The monoisotopic (exact) mass is 479 g/mol. The molecule has 172 valence electrons. The highest BCUT2D eigenvalue weighted by atomic mass is 32.2. The van der Waals surface area contributed by atoms with Crippen molar-refractivity contribution >= 4 is 45.5 Å². The molecule has 2 aromatic heterocycles. The van der Waals surface area contributed by atoms with E-state index in [9.17, 15) is 4.39 Å². The van der Waals surface area contributed by atoms with Gasteiger partial charge in [-0.3, -0.25) is 10.4 Å². The average Bonchev–Trinajstić information content (AvgIpc) is 3.49. The van der Waals surface area contributed by atoms with Crippen LogP contribution in [0.1, 0.15) is 16.8 Å². The van der Waals surface area contributed by atoms with E-state index in [0.29, 0.717) is 6.54 Å². The van der Waals surface area contributed by atoms with Crippen LogP contribution in [0.2, 0.25) is 0 Å². The standard InChI is InChI=1S/C28H22FN5S/c29-21-12-10-19(11-13-21)17-34-26-9-5-4-8-23(26)24-14-22(30-16-27(24)34)15-31-33-28-32-25(18-35-28)20-6-2-1-3-7-20/h1-16,18,28,32-33H,17H2. The zero-order chi connectivity index (χ0) is 23.6. The third kappa shape index (κ3) is 4.38. The number of benzene rings is 3. The molecule has 0 aliphatic carbocycles. The quantitative estimate of drug-likeness (QED) is 0.235. The maximum absolute atomic E-state index is 13.4. The van der Waals surface area contributed by atoms with Gasteiger partial charge >= 0.3 is 0 Å². The van der Waals surface area contributed by atoms with Gasteiger partial charge in [0, 0.05) is 22.8 Å². The largest absolute Gasteiger partial charge is 0.355 e. The molecule has 35 heavy (non-hydrogen) atoms. The fourth-order valence-electron chi connectivity index (χ4n) is 4.32. The van der Waals surface area contributed by atoms with Gasteiger partial charge in [0.25, 0.3) is 0 Å². The Hall–Kier alpha value is -4.10. The predicted octanol–water partition coefficient (Wildman–Crippen LogP) is 5.92. The summed E-state index contributed by atoms with van der Waals surface area (Å²) in [5.74, 6) is -0.228. The molecule has 2 N–H and O–H groups in total. The Bertz CT molecular complexity index is 1560. The highest BCUT2D eigenvalue weighted by Crippen LogP contribution is 2.30. The van der Waals surface area contributed by atoms with Crippen LogP contribution in [-0.2, 0) is 6.54 Å². The molecule has 3 aromatic carbocycles. The summed E-state index contributed by atoms with van der Waals surface area (Å²) in [5.41, 5.74) is 9.30. The lowest BCUT2D eigenvalue weighted by Gasteiger charge is -2.12. The van der Waals surface area contributed by atoms with Crippen molar-refractivity contribution in [2.45, 2.75) is 12.0 Å². The van der Waals surface area contributed by atoms with Crippen LogP contribution < -0.4 is 10.7 Å². The van der Waals surface area contributed by atoms with E-state index in [1.165, 1.54) is 12.1 Å². The van der Waals surface area contributed by atoms with Crippen LogP contribution in [0, 0.1) is 5.82 Å². The van der Waals surface area contributed by atoms with Crippen LogP contribution >= 0.6 is 11.8 Å². The van der Waals surface area contributed by atoms with Crippen molar-refractivity contribution < 1.29 is 4.39 Å². The molecule has 0 saturated heterocycles. The van der Waals surface area contributed by atoms with Crippen LogP contribution in [0.3, 0.4) is 0 Å². The Balaban J connectivity index is 1.22. The topological polar surface area (TPSA) is 54.2 Å². The molecule has 0 saturated carbocycles. The fourth-order valence-corrected chi connectivity index (χ4v) is 5.12.